The maximum absolute atomic E-state index is 12.7. The molecule has 5 heteroatoms. The van der Waals surface area contributed by atoms with Crippen LogP contribution in [0.2, 0.25) is 0 Å². The highest BCUT2D eigenvalue weighted by Gasteiger charge is 2.36. The molecule has 3 rings (SSSR count). The molecule has 0 saturated heterocycles. The predicted octanol–water partition coefficient (Wildman–Crippen LogP) is 3.86. The predicted molar refractivity (Wildman–Crippen MR) is 92.8 cm³/mol. The lowest BCUT2D eigenvalue weighted by Crippen LogP contribution is -2.43. The lowest BCUT2D eigenvalue weighted by atomic mass is 9.83. The number of benzene rings is 1. The number of amides is 1. The molecule has 5 nitrogen and oxygen atoms in total. The van der Waals surface area contributed by atoms with Crippen molar-refractivity contribution in [1.29, 1.82) is 0 Å². The molecule has 2 heterocycles. The molecule has 1 aliphatic heterocycles. The lowest BCUT2D eigenvalue weighted by molar-refractivity contribution is 0.0147. The number of nitrogens with zero attached hydrogens (tertiary/aromatic N) is 3. The lowest BCUT2D eigenvalue weighted by Gasteiger charge is -2.40. The summed E-state index contributed by atoms with van der Waals surface area (Å²) in [5, 5.41) is 4.30. The molecule has 0 radical (unpaired) electrons. The number of carbonyl (C=O) groups excluding carboxylic acids is 1. The molecule has 0 N–H and O–H groups in total. The van der Waals surface area contributed by atoms with Gasteiger partial charge in [-0.15, -0.1) is 0 Å². The monoisotopic (exact) mass is 327 g/mol. The molecule has 0 aliphatic carbocycles. The first-order valence-electron chi connectivity index (χ1n) is 8.33. The number of carbonyl (C=O) groups is 1. The van der Waals surface area contributed by atoms with Crippen LogP contribution in [0.15, 0.2) is 36.7 Å². The van der Waals surface area contributed by atoms with E-state index in [0.29, 0.717) is 6.54 Å². The quantitative estimate of drug-likeness (QED) is 0.799. The van der Waals surface area contributed by atoms with Gasteiger partial charge in [-0.05, 0) is 44.4 Å². The van der Waals surface area contributed by atoms with E-state index in [9.17, 15) is 4.79 Å². The molecule has 0 saturated carbocycles. The minimum Gasteiger partial charge on any atom is -0.444 e. The first-order valence-corrected chi connectivity index (χ1v) is 8.33. The Balaban J connectivity index is 1.99. The third-order valence-corrected chi connectivity index (χ3v) is 4.42. The number of fused-ring (bicyclic) bond motifs is 1. The van der Waals surface area contributed by atoms with Crippen LogP contribution in [0, 0.1) is 0 Å². The van der Waals surface area contributed by atoms with Crippen molar-refractivity contribution < 1.29 is 9.53 Å². The van der Waals surface area contributed by atoms with E-state index < -0.39 is 5.60 Å². The first-order chi connectivity index (χ1) is 11.3. The van der Waals surface area contributed by atoms with Crippen LogP contribution in [-0.2, 0) is 11.8 Å². The number of rotatable bonds is 1. The molecule has 1 aliphatic rings. The summed E-state index contributed by atoms with van der Waals surface area (Å²) in [7, 11) is 1.91. The first kappa shape index (κ1) is 16.6. The van der Waals surface area contributed by atoms with E-state index in [-0.39, 0.29) is 18.1 Å². The van der Waals surface area contributed by atoms with Gasteiger partial charge in [0.2, 0.25) is 0 Å². The van der Waals surface area contributed by atoms with Gasteiger partial charge in [-0.25, -0.2) is 4.79 Å². The van der Waals surface area contributed by atoms with Crippen molar-refractivity contribution in [3.8, 4) is 0 Å². The number of aromatic nitrogens is 2. The molecule has 24 heavy (non-hydrogen) atoms. The van der Waals surface area contributed by atoms with E-state index in [2.05, 4.69) is 30.2 Å². The zero-order valence-electron chi connectivity index (χ0n) is 15.0. The average Bonchev–Trinajstić information content (AvgIpc) is 2.92. The number of hydrogen-bond acceptors (Lipinski definition) is 3. The molecule has 0 bridgehead atoms. The summed E-state index contributed by atoms with van der Waals surface area (Å²) >= 11 is 0. The molecular weight excluding hydrogens is 302 g/mol. The molecule has 0 spiro atoms. The number of ether oxygens (including phenoxy) is 1. The van der Waals surface area contributed by atoms with E-state index in [1.807, 2.05) is 51.2 Å². The van der Waals surface area contributed by atoms with Crippen LogP contribution in [0.1, 0.15) is 56.3 Å². The highest BCUT2D eigenvalue weighted by Crippen LogP contribution is 2.39. The van der Waals surface area contributed by atoms with Gasteiger partial charge in [-0.3, -0.25) is 4.68 Å². The maximum Gasteiger partial charge on any atom is 0.410 e. The zero-order chi connectivity index (χ0) is 17.5. The minimum atomic E-state index is -0.502. The fourth-order valence-electron chi connectivity index (χ4n) is 3.29. The Kier molecular flexibility index (Phi) is 4.11. The minimum absolute atomic E-state index is 0.0102. The van der Waals surface area contributed by atoms with Gasteiger partial charge in [0.25, 0.3) is 0 Å². The highest BCUT2D eigenvalue weighted by molar-refractivity contribution is 5.70. The summed E-state index contributed by atoms with van der Waals surface area (Å²) in [6.07, 6.45) is 3.63. The molecule has 2 atom stereocenters. The van der Waals surface area contributed by atoms with Gasteiger partial charge in [0.1, 0.15) is 5.60 Å². The van der Waals surface area contributed by atoms with Crippen LogP contribution in [0.25, 0.3) is 0 Å². The molecule has 1 aromatic carbocycles. The maximum atomic E-state index is 12.7. The third kappa shape index (κ3) is 3.16. The Morgan fingerprint density at radius 2 is 1.92 bits per heavy atom. The van der Waals surface area contributed by atoms with Crippen LogP contribution in [-0.4, -0.2) is 32.9 Å². The second kappa shape index (κ2) is 5.96. The van der Waals surface area contributed by atoms with Crippen LogP contribution in [0.4, 0.5) is 4.79 Å². The van der Waals surface area contributed by atoms with Crippen LogP contribution in [0.5, 0.6) is 0 Å². The molecule has 1 aromatic heterocycles. The van der Waals surface area contributed by atoms with Gasteiger partial charge in [0.05, 0.1) is 12.2 Å². The Morgan fingerprint density at radius 3 is 2.50 bits per heavy atom. The van der Waals surface area contributed by atoms with E-state index in [4.69, 9.17) is 4.74 Å². The molecule has 2 unspecified atom stereocenters. The number of aryl methyl sites for hydroxylation is 1. The Bertz CT molecular complexity index is 745. The highest BCUT2D eigenvalue weighted by atomic mass is 16.6. The summed E-state index contributed by atoms with van der Waals surface area (Å²) in [4.78, 5) is 14.5. The summed E-state index contributed by atoms with van der Waals surface area (Å²) in [6.45, 7) is 8.34. The molecule has 1 amide bonds. The topological polar surface area (TPSA) is 47.4 Å². The Labute approximate surface area is 143 Å². The van der Waals surface area contributed by atoms with Gasteiger partial charge in [0.15, 0.2) is 0 Å². The fourth-order valence-corrected chi connectivity index (χ4v) is 3.29. The third-order valence-electron chi connectivity index (χ3n) is 4.42. The van der Waals surface area contributed by atoms with Crippen molar-refractivity contribution in [3.05, 3.63) is 53.3 Å². The van der Waals surface area contributed by atoms with Gasteiger partial charge >= 0.3 is 6.09 Å². The van der Waals surface area contributed by atoms with Gasteiger partial charge in [0, 0.05) is 25.7 Å². The molecular formula is C19H25N3O2. The SMILES string of the molecule is CC1c2ccccc2C(c2cnn(C)c2)CN1C(=O)OC(C)(C)C. The second-order valence-corrected chi connectivity index (χ2v) is 7.44. The molecule has 2 aromatic rings. The summed E-state index contributed by atoms with van der Waals surface area (Å²) < 4.78 is 7.42. The van der Waals surface area contributed by atoms with E-state index in [0.717, 1.165) is 5.56 Å². The van der Waals surface area contributed by atoms with Crippen LogP contribution >= 0.6 is 0 Å². The fraction of sp³-hybridized carbons (Fsp3) is 0.474. The van der Waals surface area contributed by atoms with Gasteiger partial charge < -0.3 is 9.64 Å². The normalized spacial score (nSPS) is 20.6. The summed E-state index contributed by atoms with van der Waals surface area (Å²) in [5.74, 6) is 0.110. The van der Waals surface area contributed by atoms with Crippen molar-refractivity contribution in [2.75, 3.05) is 6.54 Å². The van der Waals surface area contributed by atoms with E-state index >= 15 is 0 Å². The molecule has 0 fully saturated rings. The Hall–Kier alpha value is -2.30. The second-order valence-electron chi connectivity index (χ2n) is 7.44. The summed E-state index contributed by atoms with van der Waals surface area (Å²) in [6, 6.07) is 8.31. The van der Waals surface area contributed by atoms with Gasteiger partial charge in [-0.2, -0.15) is 5.10 Å². The Morgan fingerprint density at radius 1 is 1.25 bits per heavy atom. The van der Waals surface area contributed by atoms with Crippen LogP contribution in [0.3, 0.4) is 0 Å². The van der Waals surface area contributed by atoms with Crippen molar-refractivity contribution in [1.82, 2.24) is 14.7 Å². The average molecular weight is 327 g/mol. The van der Waals surface area contributed by atoms with Crippen molar-refractivity contribution in [2.45, 2.75) is 45.3 Å². The zero-order valence-corrected chi connectivity index (χ0v) is 15.0. The van der Waals surface area contributed by atoms with Crippen LogP contribution < -0.4 is 0 Å². The summed E-state index contributed by atoms with van der Waals surface area (Å²) in [5.41, 5.74) is 3.05. The molecule has 128 valence electrons. The smallest absolute Gasteiger partial charge is 0.410 e. The largest absolute Gasteiger partial charge is 0.444 e. The van der Waals surface area contributed by atoms with E-state index in [1.165, 1.54) is 11.1 Å². The van der Waals surface area contributed by atoms with Crippen molar-refractivity contribution in [3.63, 3.8) is 0 Å². The van der Waals surface area contributed by atoms with E-state index in [1.54, 1.807) is 4.68 Å². The standard InChI is InChI=1S/C19H25N3O2/c1-13-15-8-6-7-9-16(15)17(14-10-20-21(5)11-14)12-22(13)18(23)24-19(2,3)4/h6-11,13,17H,12H2,1-5H3. The van der Waals surface area contributed by atoms with Crippen molar-refractivity contribution in [2.24, 2.45) is 7.05 Å². The van der Waals surface area contributed by atoms with Crippen molar-refractivity contribution >= 4 is 6.09 Å². The van der Waals surface area contributed by atoms with Gasteiger partial charge in [-0.1, -0.05) is 24.3 Å². The number of hydrogen-bond donors (Lipinski definition) is 0.